The number of hydrogen-bond donors (Lipinski definition) is 5. The number of hydrogen-bond acceptors (Lipinski definition) is 7. The van der Waals surface area contributed by atoms with Gasteiger partial charge in [0.2, 0.25) is 0 Å². The lowest BCUT2D eigenvalue weighted by Crippen LogP contribution is -2.27. The van der Waals surface area contributed by atoms with Crippen LogP contribution in [0.1, 0.15) is 33.6 Å². The number of nitrogens with two attached hydrogens (primary N) is 1. The Balaban J connectivity index is 0.000000538. The van der Waals surface area contributed by atoms with Crippen molar-refractivity contribution in [1.82, 2.24) is 10.5 Å². The van der Waals surface area contributed by atoms with Gasteiger partial charge in [-0.05, 0) is 60.7 Å². The summed E-state index contributed by atoms with van der Waals surface area (Å²) < 4.78 is 0. The van der Waals surface area contributed by atoms with Gasteiger partial charge in [-0.25, -0.2) is 15.1 Å². The molecule has 0 aliphatic heterocycles. The van der Waals surface area contributed by atoms with E-state index in [-0.39, 0.29) is 24.2 Å². The van der Waals surface area contributed by atoms with Crippen molar-refractivity contribution in [2.24, 2.45) is 5.73 Å². The number of carbonyl (C=O) groups excluding carboxylic acids is 1. The lowest BCUT2D eigenvalue weighted by molar-refractivity contribution is -0.384. The molecule has 12 nitrogen and oxygen atoms in total. The van der Waals surface area contributed by atoms with Gasteiger partial charge in [0.1, 0.15) is 0 Å². The van der Waals surface area contributed by atoms with E-state index in [0.717, 1.165) is 35.7 Å². The predicted octanol–water partition coefficient (Wildman–Crippen LogP) is 2.42. The molecular weight excluding hydrogens is 472 g/mol. The molecule has 0 bridgehead atoms. The number of aromatic amines is 1. The maximum Gasteiger partial charge on any atom is 0.414 e. The van der Waals surface area contributed by atoms with Gasteiger partial charge < -0.3 is 20.9 Å². The molecule has 188 valence electrons. The summed E-state index contributed by atoms with van der Waals surface area (Å²) >= 11 is 0. The molecule has 36 heavy (non-hydrogen) atoms. The van der Waals surface area contributed by atoms with Gasteiger partial charge in [0.05, 0.1) is 11.5 Å². The number of carboxylic acids is 2. The summed E-state index contributed by atoms with van der Waals surface area (Å²) in [5.74, 6) is -3.97. The quantitative estimate of drug-likeness (QED) is 0.147. The van der Waals surface area contributed by atoms with Crippen LogP contribution in [-0.4, -0.2) is 50.6 Å². The average Bonchev–Trinajstić information content (AvgIpc) is 3.21. The molecule has 1 aromatic heterocycles. The Morgan fingerprint density at radius 1 is 1.17 bits per heavy atom. The normalized spacial score (nSPS) is 14.5. The van der Waals surface area contributed by atoms with E-state index >= 15 is 0 Å². The number of hydroxylamine groups is 1. The van der Waals surface area contributed by atoms with Crippen molar-refractivity contribution in [2.75, 3.05) is 6.61 Å². The van der Waals surface area contributed by atoms with Crippen LogP contribution in [0.2, 0.25) is 0 Å². The molecule has 1 unspecified atom stereocenters. The van der Waals surface area contributed by atoms with Crippen LogP contribution in [0.5, 0.6) is 0 Å². The minimum absolute atomic E-state index is 0.0401. The molecule has 1 heterocycles. The number of H-pyrrole nitrogens is 1. The summed E-state index contributed by atoms with van der Waals surface area (Å²) in [6, 6.07) is 11.8. The van der Waals surface area contributed by atoms with Gasteiger partial charge in [-0.3, -0.25) is 19.7 Å². The molecule has 1 aliphatic carbocycles. The van der Waals surface area contributed by atoms with E-state index in [2.05, 4.69) is 10.5 Å². The van der Waals surface area contributed by atoms with Crippen molar-refractivity contribution >= 4 is 40.5 Å². The van der Waals surface area contributed by atoms with E-state index in [1.54, 1.807) is 30.4 Å². The summed E-state index contributed by atoms with van der Waals surface area (Å²) in [6.45, 7) is 0.166. The molecule has 3 aromatic rings. The van der Waals surface area contributed by atoms with Gasteiger partial charge in [-0.2, -0.15) is 0 Å². The second kappa shape index (κ2) is 11.7. The molecule has 6 N–H and O–H groups in total. The molecular formula is C24H24N4O8. The Labute approximate surface area is 204 Å². The smallest absolute Gasteiger partial charge is 0.414 e. The highest BCUT2D eigenvalue weighted by Gasteiger charge is 2.20. The third-order valence-electron chi connectivity index (χ3n) is 5.43. The number of nitrogens with zero attached hydrogens (tertiary/aromatic N) is 1. The molecule has 0 saturated heterocycles. The van der Waals surface area contributed by atoms with Crippen LogP contribution in [0.25, 0.3) is 17.0 Å². The maximum absolute atomic E-state index is 12.4. The highest BCUT2D eigenvalue weighted by Crippen LogP contribution is 2.29. The zero-order valence-corrected chi connectivity index (χ0v) is 19.0. The largest absolute Gasteiger partial charge is 0.473 e. The third-order valence-corrected chi connectivity index (χ3v) is 5.43. The molecule has 0 spiro atoms. The summed E-state index contributed by atoms with van der Waals surface area (Å²) in [5.41, 5.74) is 13.3. The van der Waals surface area contributed by atoms with Gasteiger partial charge in [0.25, 0.3) is 11.6 Å². The number of aliphatic carboxylic acids is 2. The molecule has 1 atom stereocenters. The number of nitro groups is 1. The molecule has 1 aliphatic rings. The highest BCUT2D eigenvalue weighted by molar-refractivity contribution is 6.27. The SMILES string of the molecule is NC1CCc2[nH]c3ccc(C(=O)NOC/C=C/c4ccc([N+](=O)[O-])cc4)cc3c2C1.O=C(O)C(=O)O. The number of carbonyl (C=O) groups is 3. The van der Waals surface area contributed by atoms with Crippen molar-refractivity contribution < 1.29 is 34.4 Å². The second-order valence-corrected chi connectivity index (χ2v) is 7.95. The Morgan fingerprint density at radius 2 is 1.86 bits per heavy atom. The first kappa shape index (κ1) is 26.1. The number of nitrogens with one attached hydrogen (secondary N) is 2. The first-order valence-electron chi connectivity index (χ1n) is 10.8. The Kier molecular flexibility index (Phi) is 8.49. The maximum atomic E-state index is 12.4. The topological polar surface area (TPSA) is 198 Å². The van der Waals surface area contributed by atoms with Gasteiger partial charge in [0, 0.05) is 40.3 Å². The highest BCUT2D eigenvalue weighted by atomic mass is 16.6. The minimum atomic E-state index is -1.82. The number of aryl methyl sites for hydroxylation is 1. The van der Waals surface area contributed by atoms with Crippen molar-refractivity contribution in [2.45, 2.75) is 25.3 Å². The van der Waals surface area contributed by atoms with Crippen LogP contribution in [-0.2, 0) is 27.3 Å². The number of carboxylic acid groups (broad SMARTS) is 2. The van der Waals surface area contributed by atoms with E-state index in [1.807, 2.05) is 12.1 Å². The fraction of sp³-hybridized carbons (Fsp3) is 0.208. The number of nitro benzene ring substituents is 1. The second-order valence-electron chi connectivity index (χ2n) is 7.95. The molecule has 2 aromatic carbocycles. The fourth-order valence-corrected chi connectivity index (χ4v) is 3.69. The van der Waals surface area contributed by atoms with Crippen molar-refractivity contribution in [3.63, 3.8) is 0 Å². The first-order valence-corrected chi connectivity index (χ1v) is 10.8. The Hall–Kier alpha value is -4.55. The van der Waals surface area contributed by atoms with Gasteiger partial charge in [-0.1, -0.05) is 12.2 Å². The minimum Gasteiger partial charge on any atom is -0.473 e. The molecule has 0 radical (unpaired) electrons. The summed E-state index contributed by atoms with van der Waals surface area (Å²) in [7, 11) is 0. The molecule has 4 rings (SSSR count). The lowest BCUT2D eigenvalue weighted by Gasteiger charge is -2.18. The molecule has 0 saturated carbocycles. The van der Waals surface area contributed by atoms with Gasteiger partial charge in [-0.15, -0.1) is 0 Å². The first-order chi connectivity index (χ1) is 17.2. The number of amides is 1. The summed E-state index contributed by atoms with van der Waals surface area (Å²) in [6.07, 6.45) is 6.18. The van der Waals surface area contributed by atoms with E-state index in [4.69, 9.17) is 30.4 Å². The monoisotopic (exact) mass is 496 g/mol. The average molecular weight is 496 g/mol. The van der Waals surface area contributed by atoms with E-state index in [9.17, 15) is 14.9 Å². The fourth-order valence-electron chi connectivity index (χ4n) is 3.69. The Morgan fingerprint density at radius 3 is 2.50 bits per heavy atom. The van der Waals surface area contributed by atoms with Crippen molar-refractivity contribution in [3.05, 3.63) is 81.0 Å². The predicted molar refractivity (Wildman–Crippen MR) is 129 cm³/mol. The third kappa shape index (κ3) is 6.74. The number of benzene rings is 2. The van der Waals surface area contributed by atoms with E-state index in [0.29, 0.717) is 5.56 Å². The zero-order valence-electron chi connectivity index (χ0n) is 19.0. The van der Waals surface area contributed by atoms with Crippen molar-refractivity contribution in [3.8, 4) is 0 Å². The number of rotatable bonds is 6. The van der Waals surface area contributed by atoms with Crippen LogP contribution in [0, 0.1) is 10.1 Å². The van der Waals surface area contributed by atoms with Crippen molar-refractivity contribution in [1.29, 1.82) is 0 Å². The van der Waals surface area contributed by atoms with Crippen LogP contribution in [0.3, 0.4) is 0 Å². The van der Waals surface area contributed by atoms with Crippen LogP contribution < -0.4 is 11.2 Å². The molecule has 12 heteroatoms. The Bertz CT molecular complexity index is 1300. The number of non-ortho nitro benzene ring substituents is 1. The van der Waals surface area contributed by atoms with E-state index < -0.39 is 16.9 Å². The van der Waals surface area contributed by atoms with Gasteiger partial charge >= 0.3 is 11.9 Å². The zero-order chi connectivity index (χ0) is 26.2. The number of aromatic nitrogens is 1. The standard InChI is InChI=1S/C22H22N4O4.C2H2O4/c23-16-6-10-21-19(13-16)18-12-15(5-9-20(18)24-21)22(27)25-30-11-1-2-14-3-7-17(8-4-14)26(28)29;3-1(4)2(5)6/h1-5,7-9,12,16,24H,6,10-11,13,23H2,(H,25,27);(H,3,4)(H,5,6)/b2-1+;. The van der Waals surface area contributed by atoms with E-state index in [1.165, 1.54) is 23.4 Å². The van der Waals surface area contributed by atoms with Crippen LogP contribution in [0.4, 0.5) is 5.69 Å². The lowest BCUT2D eigenvalue weighted by atomic mass is 9.92. The summed E-state index contributed by atoms with van der Waals surface area (Å²) in [5, 5.41) is 26.5. The van der Waals surface area contributed by atoms with Crippen LogP contribution >= 0.6 is 0 Å². The molecule has 1 amide bonds. The molecule has 0 fully saturated rings. The summed E-state index contributed by atoms with van der Waals surface area (Å²) in [4.78, 5) is 49.5. The number of fused-ring (bicyclic) bond motifs is 3. The van der Waals surface area contributed by atoms with Crippen LogP contribution in [0.15, 0.2) is 48.5 Å². The van der Waals surface area contributed by atoms with Gasteiger partial charge in [0.15, 0.2) is 0 Å².